The first kappa shape index (κ1) is 19.9. The van der Waals surface area contributed by atoms with E-state index in [1.54, 1.807) is 18.3 Å². The van der Waals surface area contributed by atoms with Crippen molar-refractivity contribution in [3.05, 3.63) is 29.6 Å². The Kier molecular flexibility index (Phi) is 7.59. The fourth-order valence-electron chi connectivity index (χ4n) is 2.43. The number of carbonyl (C=O) groups is 2. The van der Waals surface area contributed by atoms with E-state index in [1.807, 2.05) is 29.6 Å². The Bertz CT molecular complexity index is 724. The van der Waals surface area contributed by atoms with Gasteiger partial charge >= 0.3 is 5.97 Å². The quantitative estimate of drug-likeness (QED) is 0.672. The topological polar surface area (TPSA) is 71.5 Å². The summed E-state index contributed by atoms with van der Waals surface area (Å²) in [5.41, 5.74) is 2.63. The largest absolute Gasteiger partial charge is 0.466 e. The standard InChI is InChI=1S/C19H25N3O3S/c1-4-22(5-2)19-21-16(13-26-19)14-7-9-15(10-8-14)20-17(23)11-12-18(24)25-6-3/h7-10,13H,4-6,11-12H2,1-3H3,(H,20,23). The second-order valence-electron chi connectivity index (χ2n) is 5.62. The number of aromatic nitrogens is 1. The van der Waals surface area contributed by atoms with Crippen LogP contribution < -0.4 is 10.2 Å². The average molecular weight is 375 g/mol. The van der Waals surface area contributed by atoms with Crippen LogP contribution in [-0.2, 0) is 14.3 Å². The molecule has 7 heteroatoms. The van der Waals surface area contributed by atoms with Crippen molar-refractivity contribution in [3.8, 4) is 11.3 Å². The number of benzene rings is 1. The Labute approximate surface area is 158 Å². The summed E-state index contributed by atoms with van der Waals surface area (Å²) in [5, 5.41) is 5.84. The average Bonchev–Trinajstić information content (AvgIpc) is 3.12. The number of carbonyl (C=O) groups excluding carboxylic acids is 2. The molecule has 1 N–H and O–H groups in total. The van der Waals surface area contributed by atoms with Crippen LogP contribution in [0.5, 0.6) is 0 Å². The highest BCUT2D eigenvalue weighted by Gasteiger charge is 2.10. The van der Waals surface area contributed by atoms with E-state index < -0.39 is 0 Å². The number of ether oxygens (including phenoxy) is 1. The van der Waals surface area contributed by atoms with E-state index in [9.17, 15) is 9.59 Å². The number of nitrogens with zero attached hydrogens (tertiary/aromatic N) is 2. The molecule has 140 valence electrons. The van der Waals surface area contributed by atoms with E-state index in [1.165, 1.54) is 0 Å². The molecule has 0 radical (unpaired) electrons. The van der Waals surface area contributed by atoms with E-state index >= 15 is 0 Å². The van der Waals surface area contributed by atoms with Crippen molar-refractivity contribution in [2.75, 3.05) is 29.9 Å². The molecule has 2 aromatic rings. The Morgan fingerprint density at radius 3 is 2.42 bits per heavy atom. The molecule has 0 saturated carbocycles. The highest BCUT2D eigenvalue weighted by Crippen LogP contribution is 2.28. The molecule has 0 aliphatic rings. The van der Waals surface area contributed by atoms with Crippen molar-refractivity contribution in [2.24, 2.45) is 0 Å². The zero-order chi connectivity index (χ0) is 18.9. The maximum absolute atomic E-state index is 11.9. The lowest BCUT2D eigenvalue weighted by Crippen LogP contribution is -2.21. The lowest BCUT2D eigenvalue weighted by Gasteiger charge is -2.16. The Morgan fingerprint density at radius 2 is 1.81 bits per heavy atom. The lowest BCUT2D eigenvalue weighted by molar-refractivity contribution is -0.144. The van der Waals surface area contributed by atoms with Crippen LogP contribution in [-0.4, -0.2) is 36.6 Å². The van der Waals surface area contributed by atoms with Gasteiger partial charge in [-0.1, -0.05) is 12.1 Å². The van der Waals surface area contributed by atoms with Crippen molar-refractivity contribution in [1.82, 2.24) is 4.98 Å². The van der Waals surface area contributed by atoms with Crippen LogP contribution in [0.2, 0.25) is 0 Å². The predicted octanol–water partition coefficient (Wildman–Crippen LogP) is 3.94. The number of rotatable bonds is 9. The maximum atomic E-state index is 11.9. The zero-order valence-corrected chi connectivity index (χ0v) is 16.3. The van der Waals surface area contributed by atoms with Gasteiger partial charge in [-0.2, -0.15) is 0 Å². The third-order valence-corrected chi connectivity index (χ3v) is 4.75. The van der Waals surface area contributed by atoms with E-state index in [0.29, 0.717) is 12.3 Å². The highest BCUT2D eigenvalue weighted by atomic mass is 32.1. The number of nitrogens with one attached hydrogen (secondary N) is 1. The van der Waals surface area contributed by atoms with Crippen molar-refractivity contribution in [3.63, 3.8) is 0 Å². The molecule has 0 spiro atoms. The summed E-state index contributed by atoms with van der Waals surface area (Å²) in [6.07, 6.45) is 0.199. The zero-order valence-electron chi connectivity index (χ0n) is 15.4. The third-order valence-electron chi connectivity index (χ3n) is 3.85. The van der Waals surface area contributed by atoms with Gasteiger partial charge in [0.1, 0.15) is 0 Å². The van der Waals surface area contributed by atoms with Gasteiger partial charge in [0.15, 0.2) is 5.13 Å². The first-order chi connectivity index (χ1) is 12.6. The van der Waals surface area contributed by atoms with Crippen molar-refractivity contribution < 1.29 is 14.3 Å². The van der Waals surface area contributed by atoms with Gasteiger partial charge in [0.05, 0.1) is 18.7 Å². The van der Waals surface area contributed by atoms with Crippen LogP contribution >= 0.6 is 11.3 Å². The van der Waals surface area contributed by atoms with Gasteiger partial charge in [0, 0.05) is 36.1 Å². The highest BCUT2D eigenvalue weighted by molar-refractivity contribution is 7.14. The maximum Gasteiger partial charge on any atom is 0.306 e. The van der Waals surface area contributed by atoms with Crippen LogP contribution in [0.3, 0.4) is 0 Å². The van der Waals surface area contributed by atoms with Gasteiger partial charge < -0.3 is 15.0 Å². The molecule has 26 heavy (non-hydrogen) atoms. The van der Waals surface area contributed by atoms with Crippen molar-refractivity contribution in [2.45, 2.75) is 33.6 Å². The fourth-order valence-corrected chi connectivity index (χ4v) is 3.40. The monoisotopic (exact) mass is 375 g/mol. The lowest BCUT2D eigenvalue weighted by atomic mass is 10.1. The number of amides is 1. The molecule has 0 atom stereocenters. The molecule has 6 nitrogen and oxygen atoms in total. The fraction of sp³-hybridized carbons (Fsp3) is 0.421. The molecule has 1 heterocycles. The van der Waals surface area contributed by atoms with Crippen LogP contribution in [0.15, 0.2) is 29.6 Å². The normalized spacial score (nSPS) is 10.4. The van der Waals surface area contributed by atoms with Gasteiger partial charge in [0.25, 0.3) is 0 Å². The summed E-state index contributed by atoms with van der Waals surface area (Å²) in [6, 6.07) is 7.55. The molecule has 0 unspecified atom stereocenters. The van der Waals surface area contributed by atoms with Gasteiger partial charge in [-0.05, 0) is 32.9 Å². The number of hydrogen-bond acceptors (Lipinski definition) is 6. The van der Waals surface area contributed by atoms with Crippen LogP contribution in [0, 0.1) is 0 Å². The summed E-state index contributed by atoms with van der Waals surface area (Å²) < 4.78 is 4.81. The minimum atomic E-state index is -0.356. The molecular formula is C19H25N3O3S. The number of anilines is 2. The van der Waals surface area contributed by atoms with Crippen LogP contribution in [0.1, 0.15) is 33.6 Å². The van der Waals surface area contributed by atoms with Crippen LogP contribution in [0.4, 0.5) is 10.8 Å². The van der Waals surface area contributed by atoms with Gasteiger partial charge in [0.2, 0.25) is 5.91 Å². The second-order valence-corrected chi connectivity index (χ2v) is 6.45. The first-order valence-electron chi connectivity index (χ1n) is 8.83. The predicted molar refractivity (Wildman–Crippen MR) is 106 cm³/mol. The summed E-state index contributed by atoms with van der Waals surface area (Å²) in [6.45, 7) is 8.16. The Morgan fingerprint density at radius 1 is 1.12 bits per heavy atom. The van der Waals surface area contributed by atoms with E-state index in [4.69, 9.17) is 4.74 Å². The number of thiazole rings is 1. The van der Waals surface area contributed by atoms with Gasteiger partial charge in [-0.25, -0.2) is 4.98 Å². The van der Waals surface area contributed by atoms with Crippen LogP contribution in [0.25, 0.3) is 11.3 Å². The molecule has 0 fully saturated rings. The number of esters is 1. The summed E-state index contributed by atoms with van der Waals surface area (Å²) in [4.78, 5) is 30.1. The molecule has 0 bridgehead atoms. The van der Waals surface area contributed by atoms with Gasteiger partial charge in [-0.15, -0.1) is 11.3 Å². The summed E-state index contributed by atoms with van der Waals surface area (Å²) >= 11 is 1.63. The van der Waals surface area contributed by atoms with Gasteiger partial charge in [-0.3, -0.25) is 9.59 Å². The summed E-state index contributed by atoms with van der Waals surface area (Å²) in [7, 11) is 0. The molecule has 1 aromatic carbocycles. The van der Waals surface area contributed by atoms with E-state index in [-0.39, 0.29) is 24.7 Å². The summed E-state index contributed by atoms with van der Waals surface area (Å²) in [5.74, 6) is -0.561. The molecule has 0 aliphatic heterocycles. The van der Waals surface area contributed by atoms with E-state index in [0.717, 1.165) is 29.5 Å². The Balaban J connectivity index is 1.94. The SMILES string of the molecule is CCOC(=O)CCC(=O)Nc1ccc(-c2csc(N(CC)CC)n2)cc1. The Hall–Kier alpha value is -2.41. The molecule has 0 aliphatic carbocycles. The number of hydrogen-bond donors (Lipinski definition) is 1. The smallest absolute Gasteiger partial charge is 0.306 e. The molecule has 1 aromatic heterocycles. The van der Waals surface area contributed by atoms with E-state index in [2.05, 4.69) is 29.0 Å². The van der Waals surface area contributed by atoms with Crippen molar-refractivity contribution in [1.29, 1.82) is 0 Å². The second kappa shape index (κ2) is 9.91. The molecule has 2 rings (SSSR count). The third kappa shape index (κ3) is 5.56. The molecule has 0 saturated heterocycles. The minimum absolute atomic E-state index is 0.0880. The van der Waals surface area contributed by atoms with Crippen molar-refractivity contribution >= 4 is 34.0 Å². The first-order valence-corrected chi connectivity index (χ1v) is 9.71. The molecular weight excluding hydrogens is 350 g/mol. The minimum Gasteiger partial charge on any atom is -0.466 e. The molecule has 1 amide bonds.